The maximum absolute atomic E-state index is 12.1. The number of nitrogens with one attached hydrogen (secondary N) is 1. The van der Waals surface area contributed by atoms with Crippen LogP contribution in [-0.2, 0) is 0 Å². The average molecular weight is 340 g/mol. The first-order chi connectivity index (χ1) is 11.6. The molecule has 2 aromatic heterocycles. The Kier molecular flexibility index (Phi) is 4.52. The van der Waals surface area contributed by atoms with Crippen molar-refractivity contribution < 1.29 is 9.53 Å². The molecule has 0 aliphatic rings. The fourth-order valence-corrected chi connectivity index (χ4v) is 3.07. The number of anilines is 1. The predicted octanol–water partition coefficient (Wildman–Crippen LogP) is 3.48. The highest BCUT2D eigenvalue weighted by atomic mass is 32.1. The SMILES string of the molecule is COc1cc(-c2csc(NC(=O)c3cccnn3)n2)c(C)cc1C. The molecular weight excluding hydrogens is 324 g/mol. The van der Waals surface area contributed by atoms with Crippen LogP contribution < -0.4 is 10.1 Å². The van der Waals surface area contributed by atoms with Gasteiger partial charge in [0.25, 0.3) is 5.91 Å². The van der Waals surface area contributed by atoms with Crippen molar-refractivity contribution in [1.29, 1.82) is 0 Å². The van der Waals surface area contributed by atoms with Gasteiger partial charge < -0.3 is 4.74 Å². The van der Waals surface area contributed by atoms with Gasteiger partial charge >= 0.3 is 0 Å². The Morgan fingerprint density at radius 3 is 2.79 bits per heavy atom. The minimum absolute atomic E-state index is 0.252. The standard InChI is InChI=1S/C17H16N4O2S/c1-10-7-11(2)15(23-3)8-12(10)14-9-24-17(19-14)20-16(22)13-5-4-6-18-21-13/h4-9H,1-3H3,(H,19,20,22). The Morgan fingerprint density at radius 2 is 2.08 bits per heavy atom. The van der Waals surface area contributed by atoms with Crippen LogP contribution in [0.2, 0.25) is 0 Å². The molecule has 0 aliphatic carbocycles. The first-order valence-corrected chi connectivity index (χ1v) is 8.16. The molecule has 122 valence electrons. The smallest absolute Gasteiger partial charge is 0.277 e. The Bertz CT molecular complexity index is 878. The number of nitrogens with zero attached hydrogens (tertiary/aromatic N) is 3. The second kappa shape index (κ2) is 6.76. The zero-order valence-electron chi connectivity index (χ0n) is 13.5. The lowest BCUT2D eigenvalue weighted by Gasteiger charge is -2.09. The summed E-state index contributed by atoms with van der Waals surface area (Å²) in [4.78, 5) is 16.6. The zero-order valence-corrected chi connectivity index (χ0v) is 14.3. The molecule has 3 rings (SSSR count). The van der Waals surface area contributed by atoms with Gasteiger partial charge in [0, 0.05) is 17.1 Å². The quantitative estimate of drug-likeness (QED) is 0.787. The van der Waals surface area contributed by atoms with E-state index >= 15 is 0 Å². The number of hydrogen-bond acceptors (Lipinski definition) is 6. The number of thiazole rings is 1. The van der Waals surface area contributed by atoms with E-state index in [9.17, 15) is 4.79 Å². The number of ether oxygens (including phenoxy) is 1. The second-order valence-corrected chi connectivity index (χ2v) is 6.10. The number of benzene rings is 1. The summed E-state index contributed by atoms with van der Waals surface area (Å²) in [6, 6.07) is 7.29. The lowest BCUT2D eigenvalue weighted by molar-refractivity contribution is 0.102. The van der Waals surface area contributed by atoms with Crippen molar-refractivity contribution >= 4 is 22.4 Å². The van der Waals surface area contributed by atoms with Gasteiger partial charge in [0.15, 0.2) is 10.8 Å². The van der Waals surface area contributed by atoms with E-state index in [4.69, 9.17) is 4.74 Å². The highest BCUT2D eigenvalue weighted by Gasteiger charge is 2.13. The molecule has 0 saturated heterocycles. The summed E-state index contributed by atoms with van der Waals surface area (Å²) in [7, 11) is 1.65. The van der Waals surface area contributed by atoms with Crippen LogP contribution in [0.1, 0.15) is 21.6 Å². The van der Waals surface area contributed by atoms with E-state index in [1.54, 1.807) is 19.2 Å². The van der Waals surface area contributed by atoms with Crippen LogP contribution in [0.5, 0.6) is 5.75 Å². The molecule has 2 heterocycles. The third-order valence-corrected chi connectivity index (χ3v) is 4.31. The van der Waals surface area contributed by atoms with Gasteiger partial charge in [-0.1, -0.05) is 6.07 Å². The second-order valence-electron chi connectivity index (χ2n) is 5.24. The Hall–Kier alpha value is -2.80. The summed E-state index contributed by atoms with van der Waals surface area (Å²) in [5.74, 6) is 0.482. The molecule has 6 nitrogen and oxygen atoms in total. The molecule has 0 fully saturated rings. The molecule has 24 heavy (non-hydrogen) atoms. The van der Waals surface area contributed by atoms with Crippen LogP contribution >= 0.6 is 11.3 Å². The van der Waals surface area contributed by atoms with Crippen molar-refractivity contribution in [1.82, 2.24) is 15.2 Å². The largest absolute Gasteiger partial charge is 0.496 e. The normalized spacial score (nSPS) is 10.5. The molecule has 3 aromatic rings. The number of carbonyl (C=O) groups excluding carboxylic acids is 1. The van der Waals surface area contributed by atoms with Crippen LogP contribution in [0.25, 0.3) is 11.3 Å². The van der Waals surface area contributed by atoms with Gasteiger partial charge in [-0.05, 0) is 43.2 Å². The molecule has 0 atom stereocenters. The molecule has 0 bridgehead atoms. The molecule has 0 saturated carbocycles. The maximum atomic E-state index is 12.1. The first kappa shape index (κ1) is 16.1. The van der Waals surface area contributed by atoms with E-state index in [0.29, 0.717) is 5.13 Å². The lowest BCUT2D eigenvalue weighted by atomic mass is 10.0. The number of methoxy groups -OCH3 is 1. The van der Waals surface area contributed by atoms with Gasteiger partial charge in [-0.15, -0.1) is 16.4 Å². The fourth-order valence-electron chi connectivity index (χ4n) is 2.37. The highest BCUT2D eigenvalue weighted by molar-refractivity contribution is 7.14. The van der Waals surface area contributed by atoms with Gasteiger partial charge in [-0.25, -0.2) is 4.98 Å². The minimum Gasteiger partial charge on any atom is -0.496 e. The van der Waals surface area contributed by atoms with Crippen molar-refractivity contribution in [3.05, 3.63) is 52.7 Å². The summed E-state index contributed by atoms with van der Waals surface area (Å²) in [5, 5.41) is 12.6. The summed E-state index contributed by atoms with van der Waals surface area (Å²) < 4.78 is 5.38. The minimum atomic E-state index is -0.331. The number of aromatic nitrogens is 3. The van der Waals surface area contributed by atoms with Crippen molar-refractivity contribution in [3.63, 3.8) is 0 Å². The highest BCUT2D eigenvalue weighted by Crippen LogP contribution is 2.32. The van der Waals surface area contributed by atoms with Crippen LogP contribution in [0.3, 0.4) is 0 Å². The molecule has 1 N–H and O–H groups in total. The van der Waals surface area contributed by atoms with Crippen molar-refractivity contribution in [2.75, 3.05) is 12.4 Å². The average Bonchev–Trinajstić information content (AvgIpc) is 3.04. The summed E-state index contributed by atoms with van der Waals surface area (Å²) in [6.45, 7) is 4.03. The number of hydrogen-bond donors (Lipinski definition) is 1. The van der Waals surface area contributed by atoms with Crippen LogP contribution in [-0.4, -0.2) is 28.2 Å². The van der Waals surface area contributed by atoms with E-state index in [1.165, 1.54) is 17.5 Å². The molecular formula is C17H16N4O2S. The first-order valence-electron chi connectivity index (χ1n) is 7.28. The van der Waals surface area contributed by atoms with E-state index in [-0.39, 0.29) is 11.6 Å². The number of aryl methyl sites for hydroxylation is 2. The summed E-state index contributed by atoms with van der Waals surface area (Å²) in [6.07, 6.45) is 1.52. The Balaban J connectivity index is 1.85. The molecule has 1 amide bonds. The fraction of sp³-hybridized carbons (Fsp3) is 0.176. The topological polar surface area (TPSA) is 77.0 Å². The molecule has 0 unspecified atom stereocenters. The summed E-state index contributed by atoms with van der Waals surface area (Å²) in [5.41, 5.74) is 4.21. The monoisotopic (exact) mass is 340 g/mol. The molecule has 0 radical (unpaired) electrons. The van der Waals surface area contributed by atoms with Crippen LogP contribution in [0.15, 0.2) is 35.8 Å². The van der Waals surface area contributed by atoms with E-state index in [0.717, 1.165) is 28.1 Å². The molecule has 7 heteroatoms. The third-order valence-electron chi connectivity index (χ3n) is 3.55. The van der Waals surface area contributed by atoms with Gasteiger partial charge in [0.1, 0.15) is 5.75 Å². The zero-order chi connectivity index (χ0) is 17.1. The Morgan fingerprint density at radius 1 is 1.25 bits per heavy atom. The lowest BCUT2D eigenvalue weighted by Crippen LogP contribution is -2.13. The van der Waals surface area contributed by atoms with Crippen molar-refractivity contribution in [3.8, 4) is 17.0 Å². The maximum Gasteiger partial charge on any atom is 0.277 e. The van der Waals surface area contributed by atoms with Gasteiger partial charge in [-0.2, -0.15) is 5.10 Å². The number of rotatable bonds is 4. The van der Waals surface area contributed by atoms with Crippen LogP contribution in [0.4, 0.5) is 5.13 Å². The van der Waals surface area contributed by atoms with E-state index in [1.807, 2.05) is 25.3 Å². The number of carbonyl (C=O) groups is 1. The van der Waals surface area contributed by atoms with Gasteiger partial charge in [-0.3, -0.25) is 10.1 Å². The predicted molar refractivity (Wildman–Crippen MR) is 93.6 cm³/mol. The van der Waals surface area contributed by atoms with Gasteiger partial charge in [0.05, 0.1) is 12.8 Å². The molecule has 1 aromatic carbocycles. The Labute approximate surface area is 143 Å². The van der Waals surface area contributed by atoms with Gasteiger partial charge in [0.2, 0.25) is 0 Å². The molecule has 0 aliphatic heterocycles. The number of amides is 1. The third kappa shape index (κ3) is 3.26. The van der Waals surface area contributed by atoms with E-state index in [2.05, 4.69) is 26.6 Å². The van der Waals surface area contributed by atoms with Crippen molar-refractivity contribution in [2.45, 2.75) is 13.8 Å². The summed E-state index contributed by atoms with van der Waals surface area (Å²) >= 11 is 1.36. The van der Waals surface area contributed by atoms with Crippen LogP contribution in [0, 0.1) is 13.8 Å². The van der Waals surface area contributed by atoms with Crippen molar-refractivity contribution in [2.24, 2.45) is 0 Å². The molecule has 0 spiro atoms. The van der Waals surface area contributed by atoms with E-state index < -0.39 is 0 Å².